The van der Waals surface area contributed by atoms with Crippen LogP contribution >= 0.6 is 0 Å². The highest BCUT2D eigenvalue weighted by Gasteiger charge is 2.40. The number of hydrogen-bond donors (Lipinski definition) is 1. The first-order chi connectivity index (χ1) is 8.83. The van der Waals surface area contributed by atoms with Crippen molar-refractivity contribution in [1.82, 2.24) is 5.32 Å². The van der Waals surface area contributed by atoms with E-state index in [9.17, 15) is 0 Å². The van der Waals surface area contributed by atoms with Gasteiger partial charge in [-0.05, 0) is 50.8 Å². The first-order valence-corrected chi connectivity index (χ1v) is 7.37. The number of nitrogens with one attached hydrogen (secondary N) is 1. The lowest BCUT2D eigenvalue weighted by molar-refractivity contribution is 0.373. The number of para-hydroxylation sites is 1. The fourth-order valence-electron chi connectivity index (χ4n) is 3.87. The molecule has 0 aliphatic carbocycles. The van der Waals surface area contributed by atoms with Gasteiger partial charge in [-0.3, -0.25) is 0 Å². The van der Waals surface area contributed by atoms with E-state index < -0.39 is 0 Å². The Kier molecular flexibility index (Phi) is 3.29. The Bertz CT molecular complexity index is 401. The molecule has 2 fully saturated rings. The van der Waals surface area contributed by atoms with E-state index in [0.717, 1.165) is 24.5 Å². The van der Waals surface area contributed by atoms with Crippen molar-refractivity contribution in [2.75, 3.05) is 11.9 Å². The molecule has 0 spiro atoms. The van der Waals surface area contributed by atoms with E-state index in [1.807, 2.05) is 0 Å². The van der Waals surface area contributed by atoms with Crippen molar-refractivity contribution in [3.8, 4) is 0 Å². The van der Waals surface area contributed by atoms with Gasteiger partial charge in [-0.1, -0.05) is 25.1 Å². The molecular formula is C16H24N2. The van der Waals surface area contributed by atoms with Crippen molar-refractivity contribution in [1.29, 1.82) is 0 Å². The topological polar surface area (TPSA) is 15.3 Å². The molecule has 2 heteroatoms. The largest absolute Gasteiger partial charge is 0.365 e. The van der Waals surface area contributed by atoms with Crippen LogP contribution in [0.25, 0.3) is 0 Å². The van der Waals surface area contributed by atoms with Gasteiger partial charge < -0.3 is 10.2 Å². The minimum absolute atomic E-state index is 0.729. The molecule has 18 heavy (non-hydrogen) atoms. The van der Waals surface area contributed by atoms with Gasteiger partial charge in [-0.25, -0.2) is 0 Å². The predicted molar refractivity (Wildman–Crippen MR) is 77.2 cm³/mol. The maximum Gasteiger partial charge on any atom is 0.0403 e. The van der Waals surface area contributed by atoms with E-state index in [1.165, 1.54) is 36.9 Å². The number of fused-ring (bicyclic) bond motifs is 2. The number of aryl methyl sites for hydroxylation is 1. The maximum atomic E-state index is 3.48. The minimum Gasteiger partial charge on any atom is -0.365 e. The summed E-state index contributed by atoms with van der Waals surface area (Å²) in [5, 5.41) is 3.48. The molecule has 2 unspecified atom stereocenters. The SMILES string of the molecule is CCc1ccccc1N1C2CCC1CC(NC)C2. The van der Waals surface area contributed by atoms with Gasteiger partial charge in [0.05, 0.1) is 0 Å². The van der Waals surface area contributed by atoms with Gasteiger partial charge in [-0.15, -0.1) is 0 Å². The molecule has 2 bridgehead atoms. The predicted octanol–water partition coefficient (Wildman–Crippen LogP) is 2.97. The van der Waals surface area contributed by atoms with Gasteiger partial charge >= 0.3 is 0 Å². The first kappa shape index (κ1) is 12.0. The minimum atomic E-state index is 0.729. The van der Waals surface area contributed by atoms with Gasteiger partial charge in [0.1, 0.15) is 0 Å². The Labute approximate surface area is 110 Å². The summed E-state index contributed by atoms with van der Waals surface area (Å²) in [4.78, 5) is 2.73. The lowest BCUT2D eigenvalue weighted by Gasteiger charge is -2.41. The van der Waals surface area contributed by atoms with Crippen molar-refractivity contribution in [2.24, 2.45) is 0 Å². The van der Waals surface area contributed by atoms with Gasteiger partial charge in [-0.2, -0.15) is 0 Å². The lowest BCUT2D eigenvalue weighted by atomic mass is 9.95. The van der Waals surface area contributed by atoms with Crippen LogP contribution in [0.15, 0.2) is 24.3 Å². The van der Waals surface area contributed by atoms with Crippen LogP contribution in [0.4, 0.5) is 5.69 Å². The number of piperidine rings is 1. The van der Waals surface area contributed by atoms with Crippen LogP contribution in [-0.4, -0.2) is 25.2 Å². The number of nitrogens with zero attached hydrogens (tertiary/aromatic N) is 1. The van der Waals surface area contributed by atoms with Crippen molar-refractivity contribution in [3.63, 3.8) is 0 Å². The highest BCUT2D eigenvalue weighted by Crippen LogP contribution is 2.40. The molecule has 2 atom stereocenters. The summed E-state index contributed by atoms with van der Waals surface area (Å²) in [6.07, 6.45) is 6.51. The van der Waals surface area contributed by atoms with E-state index >= 15 is 0 Å². The molecule has 0 amide bonds. The van der Waals surface area contributed by atoms with Gasteiger partial charge in [0.25, 0.3) is 0 Å². The van der Waals surface area contributed by atoms with Crippen molar-refractivity contribution < 1.29 is 0 Å². The van der Waals surface area contributed by atoms with Gasteiger partial charge in [0, 0.05) is 23.8 Å². The van der Waals surface area contributed by atoms with E-state index in [4.69, 9.17) is 0 Å². The van der Waals surface area contributed by atoms with Crippen LogP contribution in [-0.2, 0) is 6.42 Å². The second-order valence-corrected chi connectivity index (χ2v) is 5.73. The molecule has 2 aliphatic heterocycles. The van der Waals surface area contributed by atoms with Crippen molar-refractivity contribution >= 4 is 5.69 Å². The summed E-state index contributed by atoms with van der Waals surface area (Å²) < 4.78 is 0. The van der Waals surface area contributed by atoms with Crippen LogP contribution < -0.4 is 10.2 Å². The van der Waals surface area contributed by atoms with Crippen LogP contribution in [0.3, 0.4) is 0 Å². The fraction of sp³-hybridized carbons (Fsp3) is 0.625. The second-order valence-electron chi connectivity index (χ2n) is 5.73. The Hall–Kier alpha value is -1.02. The molecule has 0 radical (unpaired) electrons. The molecular weight excluding hydrogens is 220 g/mol. The zero-order valence-corrected chi connectivity index (χ0v) is 11.5. The number of hydrogen-bond acceptors (Lipinski definition) is 2. The Morgan fingerprint density at radius 3 is 2.44 bits per heavy atom. The molecule has 2 aliphatic rings. The van der Waals surface area contributed by atoms with E-state index in [1.54, 1.807) is 0 Å². The molecule has 0 aromatic heterocycles. The molecule has 2 nitrogen and oxygen atoms in total. The number of anilines is 1. The van der Waals surface area contributed by atoms with E-state index in [2.05, 4.69) is 48.5 Å². The van der Waals surface area contributed by atoms with E-state index in [0.29, 0.717) is 0 Å². The third kappa shape index (κ3) is 1.93. The third-order valence-electron chi connectivity index (χ3n) is 4.79. The Morgan fingerprint density at radius 2 is 1.83 bits per heavy atom. The molecule has 2 saturated heterocycles. The van der Waals surface area contributed by atoms with Crippen molar-refractivity contribution in [2.45, 2.75) is 57.2 Å². The summed E-state index contributed by atoms with van der Waals surface area (Å²) >= 11 is 0. The van der Waals surface area contributed by atoms with E-state index in [-0.39, 0.29) is 0 Å². The van der Waals surface area contributed by atoms with Crippen molar-refractivity contribution in [3.05, 3.63) is 29.8 Å². The third-order valence-corrected chi connectivity index (χ3v) is 4.79. The number of rotatable bonds is 3. The molecule has 2 heterocycles. The molecule has 0 saturated carbocycles. The standard InChI is InChI=1S/C16H24N2/c1-3-12-6-4-5-7-16(12)18-14-8-9-15(18)11-13(10-14)17-2/h4-7,13-15,17H,3,8-11H2,1-2H3. The molecule has 1 aromatic carbocycles. The highest BCUT2D eigenvalue weighted by atomic mass is 15.2. The average molecular weight is 244 g/mol. The van der Waals surface area contributed by atoms with Crippen LogP contribution in [0.5, 0.6) is 0 Å². The summed E-state index contributed by atoms with van der Waals surface area (Å²) in [7, 11) is 2.11. The lowest BCUT2D eigenvalue weighted by Crippen LogP contribution is -2.48. The van der Waals surface area contributed by atoms with Crippen LogP contribution in [0, 0.1) is 0 Å². The average Bonchev–Trinajstić information content (AvgIpc) is 2.68. The fourth-order valence-corrected chi connectivity index (χ4v) is 3.87. The molecule has 1 aromatic rings. The molecule has 1 N–H and O–H groups in total. The summed E-state index contributed by atoms with van der Waals surface area (Å²) in [5.41, 5.74) is 3.01. The van der Waals surface area contributed by atoms with Crippen LogP contribution in [0.2, 0.25) is 0 Å². The van der Waals surface area contributed by atoms with Gasteiger partial charge in [0.2, 0.25) is 0 Å². The highest BCUT2D eigenvalue weighted by molar-refractivity contribution is 5.56. The Morgan fingerprint density at radius 1 is 1.17 bits per heavy atom. The normalized spacial score (nSPS) is 30.8. The molecule has 98 valence electrons. The second kappa shape index (κ2) is 4.93. The quantitative estimate of drug-likeness (QED) is 0.879. The monoisotopic (exact) mass is 244 g/mol. The van der Waals surface area contributed by atoms with Crippen LogP contribution in [0.1, 0.15) is 38.2 Å². The zero-order chi connectivity index (χ0) is 12.5. The summed E-state index contributed by atoms with van der Waals surface area (Å²) in [6.45, 7) is 2.26. The molecule has 3 rings (SSSR count). The Balaban J connectivity index is 1.89. The number of benzene rings is 1. The smallest absolute Gasteiger partial charge is 0.0403 e. The maximum absolute atomic E-state index is 3.48. The van der Waals surface area contributed by atoms with Gasteiger partial charge in [0.15, 0.2) is 0 Å². The first-order valence-electron chi connectivity index (χ1n) is 7.37. The zero-order valence-electron chi connectivity index (χ0n) is 11.5. The summed E-state index contributed by atoms with van der Waals surface area (Å²) in [6, 6.07) is 11.2. The summed E-state index contributed by atoms with van der Waals surface area (Å²) in [5.74, 6) is 0.